The molecule has 2 aliphatic heterocycles. The van der Waals surface area contributed by atoms with Gasteiger partial charge in [-0.05, 0) is 12.1 Å². The van der Waals surface area contributed by atoms with E-state index in [9.17, 15) is 14.4 Å². The molecule has 2 amide bonds. The monoisotopic (exact) mass is 348 g/mol. The number of morpholine rings is 1. The van der Waals surface area contributed by atoms with Gasteiger partial charge in [-0.3, -0.25) is 24.1 Å². The Bertz CT molecular complexity index is 642. The van der Waals surface area contributed by atoms with E-state index in [1.807, 2.05) is 0 Å². The quantitative estimate of drug-likeness (QED) is 0.546. The Hall–Kier alpha value is -2.29. The van der Waals surface area contributed by atoms with E-state index in [1.54, 1.807) is 24.3 Å². The van der Waals surface area contributed by atoms with Gasteiger partial charge in [0.2, 0.25) is 0 Å². The lowest BCUT2D eigenvalue weighted by Crippen LogP contribution is -2.45. The Kier molecular flexibility index (Phi) is 5.42. The van der Waals surface area contributed by atoms with E-state index in [0.29, 0.717) is 37.4 Å². The Labute approximate surface area is 145 Å². The standard InChI is InChI=1S/C17H20N2O6/c1-23-15(20)10-12-11-18(6-8-24-12)7-9-25-19-16(21)13-4-2-3-5-14(13)17(19)22/h2-5,12H,6-11H2,1H3. The van der Waals surface area contributed by atoms with Crippen molar-refractivity contribution in [1.29, 1.82) is 0 Å². The topological polar surface area (TPSA) is 85.4 Å². The summed E-state index contributed by atoms with van der Waals surface area (Å²) in [4.78, 5) is 43.2. The predicted octanol–water partition coefficient (Wildman–Crippen LogP) is 0.478. The molecule has 1 unspecified atom stereocenters. The Morgan fingerprint density at radius 2 is 1.92 bits per heavy atom. The summed E-state index contributed by atoms with van der Waals surface area (Å²) in [5.41, 5.74) is 0.717. The Morgan fingerprint density at radius 3 is 2.56 bits per heavy atom. The van der Waals surface area contributed by atoms with Crippen molar-refractivity contribution in [3.8, 4) is 0 Å². The lowest BCUT2D eigenvalue weighted by atomic mass is 10.1. The molecule has 1 aromatic carbocycles. The van der Waals surface area contributed by atoms with Crippen LogP contribution >= 0.6 is 0 Å². The zero-order valence-electron chi connectivity index (χ0n) is 14.0. The molecule has 2 heterocycles. The van der Waals surface area contributed by atoms with Gasteiger partial charge in [0.1, 0.15) is 0 Å². The minimum absolute atomic E-state index is 0.191. The van der Waals surface area contributed by atoms with Gasteiger partial charge >= 0.3 is 5.97 Å². The number of nitrogens with zero attached hydrogens (tertiary/aromatic N) is 2. The number of carbonyl (C=O) groups excluding carboxylic acids is 3. The van der Waals surface area contributed by atoms with Crippen LogP contribution in [0.2, 0.25) is 0 Å². The van der Waals surface area contributed by atoms with Crippen LogP contribution in [0.25, 0.3) is 0 Å². The number of ether oxygens (including phenoxy) is 2. The molecule has 1 saturated heterocycles. The molecule has 8 heteroatoms. The first-order valence-electron chi connectivity index (χ1n) is 8.11. The highest BCUT2D eigenvalue weighted by Crippen LogP contribution is 2.22. The van der Waals surface area contributed by atoms with Crippen LogP contribution in [-0.2, 0) is 19.1 Å². The summed E-state index contributed by atoms with van der Waals surface area (Å²) in [6.07, 6.45) is -0.0211. The van der Waals surface area contributed by atoms with E-state index < -0.39 is 11.8 Å². The van der Waals surface area contributed by atoms with Crippen molar-refractivity contribution in [3.63, 3.8) is 0 Å². The van der Waals surface area contributed by atoms with Crippen molar-refractivity contribution in [2.45, 2.75) is 12.5 Å². The number of methoxy groups -OCH3 is 1. The molecular formula is C17H20N2O6. The number of hydrogen-bond donors (Lipinski definition) is 0. The van der Waals surface area contributed by atoms with Crippen LogP contribution in [0.1, 0.15) is 27.1 Å². The van der Waals surface area contributed by atoms with E-state index in [0.717, 1.165) is 5.06 Å². The van der Waals surface area contributed by atoms with Crippen molar-refractivity contribution >= 4 is 17.8 Å². The Balaban J connectivity index is 1.48. The number of carbonyl (C=O) groups is 3. The average Bonchev–Trinajstić information content (AvgIpc) is 2.87. The van der Waals surface area contributed by atoms with E-state index in [-0.39, 0.29) is 25.1 Å². The van der Waals surface area contributed by atoms with Crippen molar-refractivity contribution < 1.29 is 28.7 Å². The van der Waals surface area contributed by atoms with E-state index >= 15 is 0 Å². The minimum atomic E-state index is -0.439. The fourth-order valence-electron chi connectivity index (χ4n) is 2.92. The van der Waals surface area contributed by atoms with E-state index in [2.05, 4.69) is 9.64 Å². The van der Waals surface area contributed by atoms with Crippen LogP contribution in [0.3, 0.4) is 0 Å². The largest absolute Gasteiger partial charge is 0.469 e. The summed E-state index contributed by atoms with van der Waals surface area (Å²) in [5.74, 6) is -1.19. The number of fused-ring (bicyclic) bond motifs is 1. The van der Waals surface area contributed by atoms with Crippen LogP contribution in [0.15, 0.2) is 24.3 Å². The molecule has 8 nitrogen and oxygen atoms in total. The Morgan fingerprint density at radius 1 is 1.24 bits per heavy atom. The first-order chi connectivity index (χ1) is 12.1. The number of amides is 2. The highest BCUT2D eigenvalue weighted by atomic mass is 16.7. The van der Waals surface area contributed by atoms with E-state index in [4.69, 9.17) is 9.57 Å². The second-order valence-corrected chi connectivity index (χ2v) is 5.86. The van der Waals surface area contributed by atoms with Gasteiger partial charge in [-0.15, -0.1) is 5.06 Å². The summed E-state index contributed by atoms with van der Waals surface area (Å²) in [6, 6.07) is 6.64. The molecule has 3 rings (SSSR count). The number of rotatable bonds is 6. The molecule has 0 saturated carbocycles. The highest BCUT2D eigenvalue weighted by Gasteiger charge is 2.36. The summed E-state index contributed by atoms with van der Waals surface area (Å²) < 4.78 is 10.2. The number of hydrogen-bond acceptors (Lipinski definition) is 7. The highest BCUT2D eigenvalue weighted by molar-refractivity contribution is 6.20. The molecule has 1 fully saturated rings. The number of benzene rings is 1. The van der Waals surface area contributed by atoms with Crippen molar-refractivity contribution in [2.24, 2.45) is 0 Å². The first kappa shape index (κ1) is 17.5. The van der Waals surface area contributed by atoms with Crippen LogP contribution in [-0.4, -0.2) is 73.8 Å². The van der Waals surface area contributed by atoms with Gasteiger partial charge < -0.3 is 9.47 Å². The normalized spacial score (nSPS) is 20.7. The zero-order valence-corrected chi connectivity index (χ0v) is 14.0. The molecular weight excluding hydrogens is 328 g/mol. The minimum Gasteiger partial charge on any atom is -0.469 e. The van der Waals surface area contributed by atoms with Gasteiger partial charge in [0, 0.05) is 19.6 Å². The third-order valence-corrected chi connectivity index (χ3v) is 4.23. The van der Waals surface area contributed by atoms with Gasteiger partial charge in [-0.2, -0.15) is 0 Å². The van der Waals surface area contributed by atoms with Gasteiger partial charge in [-0.25, -0.2) is 0 Å². The maximum atomic E-state index is 12.2. The summed E-state index contributed by atoms with van der Waals surface area (Å²) in [6.45, 7) is 2.49. The number of esters is 1. The molecule has 134 valence electrons. The van der Waals surface area contributed by atoms with Gasteiger partial charge in [0.05, 0.1) is 44.0 Å². The first-order valence-corrected chi connectivity index (χ1v) is 8.11. The maximum absolute atomic E-state index is 12.2. The zero-order chi connectivity index (χ0) is 17.8. The molecule has 25 heavy (non-hydrogen) atoms. The van der Waals surface area contributed by atoms with Crippen molar-refractivity contribution in [2.75, 3.05) is 40.0 Å². The summed E-state index contributed by atoms with van der Waals surface area (Å²) in [7, 11) is 1.35. The number of imide groups is 1. The smallest absolute Gasteiger partial charge is 0.308 e. The van der Waals surface area contributed by atoms with Crippen LogP contribution < -0.4 is 0 Å². The molecule has 1 aromatic rings. The molecule has 0 spiro atoms. The fourth-order valence-corrected chi connectivity index (χ4v) is 2.92. The molecule has 0 radical (unpaired) electrons. The third kappa shape index (κ3) is 3.87. The summed E-state index contributed by atoms with van der Waals surface area (Å²) in [5, 5.41) is 0.817. The molecule has 0 N–H and O–H groups in total. The molecule has 0 bridgehead atoms. The fraction of sp³-hybridized carbons (Fsp3) is 0.471. The predicted molar refractivity (Wildman–Crippen MR) is 85.7 cm³/mol. The van der Waals surface area contributed by atoms with Crippen molar-refractivity contribution in [1.82, 2.24) is 9.96 Å². The van der Waals surface area contributed by atoms with Gasteiger partial charge in [0.25, 0.3) is 11.8 Å². The van der Waals surface area contributed by atoms with E-state index in [1.165, 1.54) is 7.11 Å². The van der Waals surface area contributed by atoms with Crippen molar-refractivity contribution in [3.05, 3.63) is 35.4 Å². The van der Waals surface area contributed by atoms with Gasteiger partial charge in [-0.1, -0.05) is 12.1 Å². The lowest BCUT2D eigenvalue weighted by Gasteiger charge is -2.32. The maximum Gasteiger partial charge on any atom is 0.308 e. The molecule has 0 aromatic heterocycles. The second kappa shape index (κ2) is 7.73. The molecule has 2 aliphatic rings. The number of hydroxylamine groups is 2. The average molecular weight is 348 g/mol. The van der Waals surface area contributed by atoms with Crippen LogP contribution in [0.5, 0.6) is 0 Å². The second-order valence-electron chi connectivity index (χ2n) is 5.86. The molecule has 1 atom stereocenters. The molecule has 0 aliphatic carbocycles. The van der Waals surface area contributed by atoms with Gasteiger partial charge in [0.15, 0.2) is 0 Å². The lowest BCUT2D eigenvalue weighted by molar-refractivity contribution is -0.146. The van der Waals surface area contributed by atoms with Crippen LogP contribution in [0.4, 0.5) is 0 Å². The third-order valence-electron chi connectivity index (χ3n) is 4.23. The van der Waals surface area contributed by atoms with Crippen LogP contribution in [0, 0.1) is 0 Å². The SMILES string of the molecule is COC(=O)CC1CN(CCON2C(=O)c3ccccc3C2=O)CCO1. The summed E-state index contributed by atoms with van der Waals surface area (Å²) >= 11 is 0.